The molecule has 0 aliphatic heterocycles. The molecule has 1 N–H and O–H groups in total. The van der Waals surface area contributed by atoms with Crippen molar-refractivity contribution < 1.29 is 22.1 Å². The lowest BCUT2D eigenvalue weighted by Crippen LogP contribution is -2.18. The average Bonchev–Trinajstić information content (AvgIpc) is 2.75. The van der Waals surface area contributed by atoms with Crippen molar-refractivity contribution in [3.63, 3.8) is 0 Å². The molecule has 10 heteroatoms. The van der Waals surface area contributed by atoms with Gasteiger partial charge in [-0.25, -0.2) is 5.43 Å². The Labute approximate surface area is 202 Å². The van der Waals surface area contributed by atoms with Gasteiger partial charge in [-0.1, -0.05) is 29.8 Å². The molecule has 0 bridgehead atoms. The third-order valence-electron chi connectivity index (χ3n) is 4.25. The Balaban J connectivity index is 1.80. The van der Waals surface area contributed by atoms with E-state index >= 15 is 0 Å². The highest BCUT2D eigenvalue weighted by Gasteiger charge is 2.22. The lowest BCUT2D eigenvalue weighted by Gasteiger charge is -2.13. The molecule has 0 fully saturated rings. The normalized spacial score (nSPS) is 11.4. The zero-order valence-corrected chi connectivity index (χ0v) is 21.0. The number of carbonyl (C=O) groups excluding carboxylic acids is 1. The van der Waals surface area contributed by atoms with Crippen molar-refractivity contribution >= 4 is 54.1 Å². The van der Waals surface area contributed by atoms with Gasteiger partial charge in [-0.2, -0.15) is 13.5 Å². The number of nitrogens with zero attached hydrogens (tertiary/aromatic N) is 1. The SMILES string of the molecule is COc1cc(C=NNC(=O)c2ccccc2Br)cc(Br)c1OS(=O)(=O)c1ccc(C)cc1. The lowest BCUT2D eigenvalue weighted by atomic mass is 10.2. The maximum atomic E-state index is 12.7. The zero-order chi connectivity index (χ0) is 23.3. The molecule has 0 aliphatic rings. The second-order valence-corrected chi connectivity index (χ2v) is 9.82. The molecule has 3 aromatic carbocycles. The molecule has 3 aromatic rings. The number of hydrogen-bond donors (Lipinski definition) is 1. The number of hydrazone groups is 1. The third kappa shape index (κ3) is 5.76. The van der Waals surface area contributed by atoms with E-state index in [9.17, 15) is 13.2 Å². The number of hydrogen-bond acceptors (Lipinski definition) is 6. The first-order valence-electron chi connectivity index (χ1n) is 9.18. The summed E-state index contributed by atoms with van der Waals surface area (Å²) in [6.45, 7) is 1.86. The summed E-state index contributed by atoms with van der Waals surface area (Å²) in [6, 6.07) is 16.4. The maximum Gasteiger partial charge on any atom is 0.339 e. The number of carbonyl (C=O) groups is 1. The average molecular weight is 582 g/mol. The molecule has 0 atom stereocenters. The van der Waals surface area contributed by atoms with Crippen molar-refractivity contribution in [2.24, 2.45) is 5.10 Å². The number of halogens is 2. The predicted octanol–water partition coefficient (Wildman–Crippen LogP) is 5.06. The first-order chi connectivity index (χ1) is 15.2. The highest BCUT2D eigenvalue weighted by molar-refractivity contribution is 9.10. The largest absolute Gasteiger partial charge is 0.493 e. The van der Waals surface area contributed by atoms with Crippen molar-refractivity contribution in [2.45, 2.75) is 11.8 Å². The second kappa shape index (κ2) is 10.3. The van der Waals surface area contributed by atoms with Crippen LogP contribution >= 0.6 is 31.9 Å². The molecular weight excluding hydrogens is 564 g/mol. The molecule has 32 heavy (non-hydrogen) atoms. The molecule has 0 saturated heterocycles. The van der Waals surface area contributed by atoms with Crippen LogP contribution in [0.1, 0.15) is 21.5 Å². The Morgan fingerprint density at radius 3 is 2.38 bits per heavy atom. The summed E-state index contributed by atoms with van der Waals surface area (Å²) in [5.41, 5.74) is 4.35. The highest BCUT2D eigenvalue weighted by Crippen LogP contribution is 2.38. The minimum absolute atomic E-state index is 0.00229. The molecule has 3 rings (SSSR count). The monoisotopic (exact) mass is 580 g/mol. The summed E-state index contributed by atoms with van der Waals surface area (Å²) in [7, 11) is -2.67. The van der Waals surface area contributed by atoms with Gasteiger partial charge in [-0.05, 0) is 80.7 Å². The summed E-state index contributed by atoms with van der Waals surface area (Å²) in [5, 5.41) is 3.95. The van der Waals surface area contributed by atoms with Gasteiger partial charge in [-0.15, -0.1) is 0 Å². The quantitative estimate of drug-likeness (QED) is 0.239. The van der Waals surface area contributed by atoms with Crippen molar-refractivity contribution in [1.29, 1.82) is 0 Å². The summed E-state index contributed by atoms with van der Waals surface area (Å²) in [4.78, 5) is 12.3. The second-order valence-electron chi connectivity index (χ2n) is 6.56. The van der Waals surface area contributed by atoms with Gasteiger partial charge in [0.05, 0.1) is 23.4 Å². The zero-order valence-electron chi connectivity index (χ0n) is 17.0. The molecule has 166 valence electrons. The van der Waals surface area contributed by atoms with E-state index in [0.717, 1.165) is 5.56 Å². The first kappa shape index (κ1) is 24.0. The van der Waals surface area contributed by atoms with E-state index in [-0.39, 0.29) is 22.3 Å². The van der Waals surface area contributed by atoms with Gasteiger partial charge >= 0.3 is 10.1 Å². The van der Waals surface area contributed by atoms with Crippen LogP contribution < -0.4 is 14.3 Å². The van der Waals surface area contributed by atoms with E-state index in [0.29, 0.717) is 20.1 Å². The number of nitrogens with one attached hydrogen (secondary N) is 1. The molecule has 0 heterocycles. The summed E-state index contributed by atoms with van der Waals surface area (Å²) in [6.07, 6.45) is 1.40. The van der Waals surface area contributed by atoms with Gasteiger partial charge in [0.1, 0.15) is 4.90 Å². The van der Waals surface area contributed by atoms with E-state index in [2.05, 4.69) is 42.4 Å². The van der Waals surface area contributed by atoms with E-state index in [1.807, 2.05) is 6.92 Å². The molecule has 1 amide bonds. The van der Waals surface area contributed by atoms with Crippen LogP contribution in [-0.2, 0) is 10.1 Å². The Hall–Kier alpha value is -2.69. The Morgan fingerprint density at radius 2 is 1.72 bits per heavy atom. The molecule has 0 unspecified atom stereocenters. The number of methoxy groups -OCH3 is 1. The van der Waals surface area contributed by atoms with Crippen LogP contribution in [0.2, 0.25) is 0 Å². The maximum absolute atomic E-state index is 12.7. The molecule has 0 radical (unpaired) electrons. The molecule has 0 spiro atoms. The van der Waals surface area contributed by atoms with Crippen LogP contribution in [0.3, 0.4) is 0 Å². The smallest absolute Gasteiger partial charge is 0.339 e. The fourth-order valence-corrected chi connectivity index (χ4v) is 4.70. The minimum atomic E-state index is -4.07. The fourth-order valence-electron chi connectivity index (χ4n) is 2.63. The topological polar surface area (TPSA) is 94.1 Å². The Bertz CT molecular complexity index is 1280. The van der Waals surface area contributed by atoms with Crippen LogP contribution in [-0.4, -0.2) is 27.6 Å². The van der Waals surface area contributed by atoms with Gasteiger partial charge in [0.15, 0.2) is 11.5 Å². The van der Waals surface area contributed by atoms with Crippen LogP contribution in [0, 0.1) is 6.92 Å². The van der Waals surface area contributed by atoms with Gasteiger partial charge < -0.3 is 8.92 Å². The van der Waals surface area contributed by atoms with Crippen LogP contribution in [0.15, 0.2) is 79.6 Å². The molecular formula is C22H18Br2N2O5S. The molecule has 7 nitrogen and oxygen atoms in total. The third-order valence-corrected chi connectivity index (χ3v) is 6.77. The number of rotatable bonds is 7. The van der Waals surface area contributed by atoms with Crippen molar-refractivity contribution in [3.8, 4) is 11.5 Å². The first-order valence-corrected chi connectivity index (χ1v) is 12.2. The van der Waals surface area contributed by atoms with Crippen LogP contribution in [0.4, 0.5) is 0 Å². The number of aryl methyl sites for hydroxylation is 1. The number of ether oxygens (including phenoxy) is 1. The standard InChI is InChI=1S/C22H18Br2N2O5S/c1-14-7-9-16(10-8-14)32(28,29)31-21-19(24)11-15(12-20(21)30-2)13-25-26-22(27)17-5-3-4-6-18(17)23/h3-13H,1-2H3,(H,26,27). The Kier molecular flexibility index (Phi) is 7.70. The lowest BCUT2D eigenvalue weighted by molar-refractivity contribution is 0.0954. The molecule has 0 aliphatic carbocycles. The number of amides is 1. The summed E-state index contributed by atoms with van der Waals surface area (Å²) < 4.78 is 36.9. The van der Waals surface area contributed by atoms with E-state index in [1.54, 1.807) is 48.5 Å². The van der Waals surface area contributed by atoms with Gasteiger partial charge in [0.25, 0.3) is 5.91 Å². The van der Waals surface area contributed by atoms with Crippen LogP contribution in [0.25, 0.3) is 0 Å². The predicted molar refractivity (Wildman–Crippen MR) is 129 cm³/mol. The van der Waals surface area contributed by atoms with Crippen LogP contribution in [0.5, 0.6) is 11.5 Å². The van der Waals surface area contributed by atoms with Crippen molar-refractivity contribution in [1.82, 2.24) is 5.43 Å². The summed E-state index contributed by atoms with van der Waals surface area (Å²) >= 11 is 6.63. The molecule has 0 aromatic heterocycles. The van der Waals surface area contributed by atoms with Crippen molar-refractivity contribution in [2.75, 3.05) is 7.11 Å². The number of benzene rings is 3. The summed E-state index contributed by atoms with van der Waals surface area (Å²) in [5.74, 6) is -0.208. The minimum Gasteiger partial charge on any atom is -0.493 e. The van der Waals surface area contributed by atoms with Gasteiger partial charge in [0.2, 0.25) is 0 Å². The van der Waals surface area contributed by atoms with E-state index < -0.39 is 10.1 Å². The van der Waals surface area contributed by atoms with Crippen molar-refractivity contribution in [3.05, 3.63) is 86.3 Å². The van der Waals surface area contributed by atoms with Gasteiger partial charge in [0, 0.05) is 4.47 Å². The fraction of sp³-hybridized carbons (Fsp3) is 0.0909. The molecule has 0 saturated carbocycles. The van der Waals surface area contributed by atoms with Gasteiger partial charge in [-0.3, -0.25) is 4.79 Å². The Morgan fingerprint density at radius 1 is 1.03 bits per heavy atom. The van der Waals surface area contributed by atoms with E-state index in [4.69, 9.17) is 8.92 Å². The van der Waals surface area contributed by atoms with E-state index in [1.165, 1.54) is 25.5 Å². The highest BCUT2D eigenvalue weighted by atomic mass is 79.9.